The highest BCUT2D eigenvalue weighted by molar-refractivity contribution is 6.36. The van der Waals surface area contributed by atoms with E-state index in [1.54, 1.807) is 24.3 Å². The number of carbonyl (C=O) groups excluding carboxylic acids is 3. The normalized spacial score (nSPS) is 27.1. The molecule has 3 amide bonds. The highest BCUT2D eigenvalue weighted by Crippen LogP contribution is 2.69. The van der Waals surface area contributed by atoms with E-state index in [0.717, 1.165) is 17.0 Å². The SMILES string of the molecule is O=C(CCN1C(=O)[C@H]2[C@H](C1=O)C1(Cl)c3ccccc3C2(Cl)c2ccccc21)Nc1cccc(C(F)(F)F)c1. The van der Waals surface area contributed by atoms with Gasteiger partial charge in [0.05, 0.1) is 17.4 Å². The molecule has 2 atom stereocenters. The third-order valence-corrected chi connectivity index (χ3v) is 9.00. The monoisotopic (exact) mass is 558 g/mol. The molecule has 1 saturated heterocycles. The molecule has 4 aliphatic rings. The largest absolute Gasteiger partial charge is 0.416 e. The van der Waals surface area contributed by atoms with E-state index in [-0.39, 0.29) is 18.7 Å². The Hall–Kier alpha value is -3.36. The van der Waals surface area contributed by atoms with Gasteiger partial charge in [0.2, 0.25) is 17.7 Å². The van der Waals surface area contributed by atoms with E-state index in [1.807, 2.05) is 24.3 Å². The number of anilines is 1. The van der Waals surface area contributed by atoms with Gasteiger partial charge in [0.25, 0.3) is 0 Å². The minimum atomic E-state index is -4.56. The molecule has 2 bridgehead atoms. The zero-order chi connectivity index (χ0) is 27.0. The number of halogens is 5. The average molecular weight is 559 g/mol. The fraction of sp³-hybridized carbons (Fsp3) is 0.250. The molecule has 1 N–H and O–H groups in total. The van der Waals surface area contributed by atoms with Crippen LogP contribution in [0.5, 0.6) is 0 Å². The van der Waals surface area contributed by atoms with E-state index >= 15 is 0 Å². The Kier molecular flexibility index (Phi) is 5.46. The van der Waals surface area contributed by atoms with Crippen LogP contribution in [0.3, 0.4) is 0 Å². The molecule has 0 saturated carbocycles. The van der Waals surface area contributed by atoms with E-state index in [1.165, 1.54) is 12.1 Å². The first-order valence-corrected chi connectivity index (χ1v) is 12.6. The standard InChI is InChI=1S/C28H19Cl2F3N2O3/c29-26-17-8-1-2-9-18(17)27(30,20-11-4-3-10-19(20)26)23-22(26)24(37)35(25(23)38)13-12-21(36)34-16-7-5-6-15(14-16)28(31,32)33/h1-11,14,22-23H,12-13H2,(H,34,36)/t22-,23-,26?,27?/m1/s1. The number of nitrogens with one attached hydrogen (secondary N) is 1. The van der Waals surface area contributed by atoms with Gasteiger partial charge in [0, 0.05) is 18.7 Å². The van der Waals surface area contributed by atoms with Crippen molar-refractivity contribution in [2.24, 2.45) is 11.8 Å². The number of hydrogen-bond donors (Lipinski definition) is 1. The van der Waals surface area contributed by atoms with Crippen LogP contribution in [0.15, 0.2) is 72.8 Å². The van der Waals surface area contributed by atoms with Crippen molar-refractivity contribution < 1.29 is 27.6 Å². The lowest BCUT2D eigenvalue weighted by atomic mass is 9.54. The Balaban J connectivity index is 1.29. The molecule has 3 aromatic carbocycles. The zero-order valence-corrected chi connectivity index (χ0v) is 21.1. The molecule has 1 fully saturated rings. The van der Waals surface area contributed by atoms with Crippen molar-refractivity contribution in [3.63, 3.8) is 0 Å². The molecular formula is C28H19Cl2F3N2O3. The summed E-state index contributed by atoms with van der Waals surface area (Å²) in [6.07, 6.45) is -4.87. The lowest BCUT2D eigenvalue weighted by Gasteiger charge is -2.54. The van der Waals surface area contributed by atoms with E-state index in [4.69, 9.17) is 23.2 Å². The van der Waals surface area contributed by atoms with Crippen LogP contribution < -0.4 is 5.32 Å². The molecule has 1 aliphatic heterocycles. The number of amides is 3. The van der Waals surface area contributed by atoms with E-state index < -0.39 is 51.0 Å². The Morgan fingerprint density at radius 1 is 0.816 bits per heavy atom. The number of benzene rings is 3. The number of imide groups is 1. The maximum Gasteiger partial charge on any atom is 0.416 e. The molecule has 3 aliphatic carbocycles. The van der Waals surface area contributed by atoms with Crippen LogP contribution in [0.25, 0.3) is 0 Å². The van der Waals surface area contributed by atoms with E-state index in [9.17, 15) is 27.6 Å². The summed E-state index contributed by atoms with van der Waals surface area (Å²) in [5, 5.41) is 2.40. The van der Waals surface area contributed by atoms with Gasteiger partial charge in [0.15, 0.2) is 0 Å². The van der Waals surface area contributed by atoms with Crippen LogP contribution in [0.4, 0.5) is 18.9 Å². The minimum absolute atomic E-state index is 0.0408. The fourth-order valence-electron chi connectivity index (χ4n) is 6.16. The van der Waals surface area contributed by atoms with Gasteiger partial charge in [0.1, 0.15) is 9.75 Å². The highest BCUT2D eigenvalue weighted by Gasteiger charge is 2.72. The smallest absolute Gasteiger partial charge is 0.326 e. The van der Waals surface area contributed by atoms with Gasteiger partial charge in [-0.1, -0.05) is 54.6 Å². The van der Waals surface area contributed by atoms with Gasteiger partial charge in [-0.2, -0.15) is 13.2 Å². The Morgan fingerprint density at radius 3 is 1.74 bits per heavy atom. The van der Waals surface area contributed by atoms with Crippen LogP contribution in [0.2, 0.25) is 0 Å². The van der Waals surface area contributed by atoms with Gasteiger partial charge in [-0.3, -0.25) is 19.3 Å². The van der Waals surface area contributed by atoms with Gasteiger partial charge in [-0.05, 0) is 40.5 Å². The lowest BCUT2D eigenvalue weighted by molar-refractivity contribution is -0.140. The van der Waals surface area contributed by atoms with Gasteiger partial charge < -0.3 is 5.32 Å². The van der Waals surface area contributed by atoms with Gasteiger partial charge in [-0.25, -0.2) is 0 Å². The summed E-state index contributed by atoms with van der Waals surface area (Å²) in [5.41, 5.74) is 1.73. The van der Waals surface area contributed by atoms with Crippen LogP contribution >= 0.6 is 23.2 Å². The second-order valence-corrected chi connectivity index (χ2v) is 10.9. The molecule has 38 heavy (non-hydrogen) atoms. The predicted octanol–water partition coefficient (Wildman–Crippen LogP) is 5.63. The summed E-state index contributed by atoms with van der Waals surface area (Å²) < 4.78 is 39.0. The number of hydrogen-bond acceptors (Lipinski definition) is 3. The van der Waals surface area contributed by atoms with Crippen LogP contribution in [-0.4, -0.2) is 29.2 Å². The number of likely N-dealkylation sites (tertiary alicyclic amines) is 1. The van der Waals surface area contributed by atoms with Crippen molar-refractivity contribution in [3.8, 4) is 0 Å². The van der Waals surface area contributed by atoms with Crippen molar-refractivity contribution in [2.75, 3.05) is 11.9 Å². The molecule has 1 heterocycles. The van der Waals surface area contributed by atoms with Crippen LogP contribution in [-0.2, 0) is 30.3 Å². The molecule has 194 valence electrons. The molecule has 3 aromatic rings. The third kappa shape index (κ3) is 3.29. The average Bonchev–Trinajstić information content (AvgIpc) is 3.16. The Morgan fingerprint density at radius 2 is 1.29 bits per heavy atom. The van der Waals surface area contributed by atoms with E-state index in [0.29, 0.717) is 22.3 Å². The predicted molar refractivity (Wildman–Crippen MR) is 135 cm³/mol. The second kappa shape index (κ2) is 8.32. The highest BCUT2D eigenvalue weighted by atomic mass is 35.5. The molecular weight excluding hydrogens is 540 g/mol. The molecule has 0 unspecified atom stereocenters. The molecule has 0 spiro atoms. The Labute approximate surface area is 225 Å². The lowest BCUT2D eigenvalue weighted by Crippen LogP contribution is -2.57. The maximum atomic E-state index is 13.7. The summed E-state index contributed by atoms with van der Waals surface area (Å²) in [6, 6.07) is 18.7. The summed E-state index contributed by atoms with van der Waals surface area (Å²) in [6.45, 7) is -0.262. The van der Waals surface area contributed by atoms with Crippen molar-refractivity contribution in [2.45, 2.75) is 22.3 Å². The quantitative estimate of drug-likeness (QED) is 0.333. The van der Waals surface area contributed by atoms with Crippen molar-refractivity contribution in [1.29, 1.82) is 0 Å². The van der Waals surface area contributed by atoms with Crippen LogP contribution in [0.1, 0.15) is 34.2 Å². The maximum absolute atomic E-state index is 13.7. The first-order chi connectivity index (χ1) is 18.0. The minimum Gasteiger partial charge on any atom is -0.326 e. The number of alkyl halides is 5. The fourth-order valence-corrected chi connectivity index (χ4v) is 7.25. The summed E-state index contributed by atoms with van der Waals surface area (Å²) in [4.78, 5) is 38.4. The van der Waals surface area contributed by atoms with Crippen molar-refractivity contribution >= 4 is 46.6 Å². The molecule has 0 aromatic heterocycles. The molecule has 0 radical (unpaired) electrons. The zero-order valence-electron chi connectivity index (χ0n) is 19.6. The third-order valence-electron chi connectivity index (χ3n) is 7.71. The Bertz CT molecular complexity index is 1400. The van der Waals surface area contributed by atoms with Crippen molar-refractivity contribution in [3.05, 3.63) is 101 Å². The number of nitrogens with zero attached hydrogens (tertiary/aromatic N) is 1. The molecule has 5 nitrogen and oxygen atoms in total. The first-order valence-electron chi connectivity index (χ1n) is 11.9. The molecule has 7 rings (SSSR count). The first kappa shape index (κ1) is 24.9. The topological polar surface area (TPSA) is 66.5 Å². The summed E-state index contributed by atoms with van der Waals surface area (Å²) >= 11 is 14.7. The van der Waals surface area contributed by atoms with Crippen molar-refractivity contribution in [1.82, 2.24) is 4.90 Å². The van der Waals surface area contributed by atoms with E-state index in [2.05, 4.69) is 5.32 Å². The summed E-state index contributed by atoms with van der Waals surface area (Å²) in [5.74, 6) is -3.67. The number of rotatable bonds is 4. The molecule has 10 heteroatoms. The van der Waals surface area contributed by atoms with Gasteiger partial charge in [-0.15, -0.1) is 23.2 Å². The van der Waals surface area contributed by atoms with Crippen LogP contribution in [0, 0.1) is 11.8 Å². The number of carbonyl (C=O) groups is 3. The second-order valence-electron chi connectivity index (χ2n) is 9.67. The summed E-state index contributed by atoms with van der Waals surface area (Å²) in [7, 11) is 0. The van der Waals surface area contributed by atoms with Gasteiger partial charge >= 0.3 is 6.18 Å².